The van der Waals surface area contributed by atoms with Crippen molar-refractivity contribution in [3.63, 3.8) is 0 Å². The second-order valence-electron chi connectivity index (χ2n) is 5.28. The summed E-state index contributed by atoms with van der Waals surface area (Å²) in [5.74, 6) is -0.701. The van der Waals surface area contributed by atoms with Crippen molar-refractivity contribution in [3.05, 3.63) is 60.2 Å². The maximum atomic E-state index is 12.1. The molecule has 0 fully saturated rings. The summed E-state index contributed by atoms with van der Waals surface area (Å²) in [6, 6.07) is 18.5. The Bertz CT molecular complexity index is 733. The first-order chi connectivity index (χ1) is 11.6. The van der Waals surface area contributed by atoms with E-state index in [1.54, 1.807) is 19.1 Å². The van der Waals surface area contributed by atoms with Gasteiger partial charge in [0.1, 0.15) is 6.04 Å². The molecule has 0 heterocycles. The van der Waals surface area contributed by atoms with Crippen LogP contribution in [0.25, 0.3) is 11.1 Å². The van der Waals surface area contributed by atoms with Crippen LogP contribution in [0, 0.1) is 11.3 Å². The number of nitrogens with zero attached hydrogens (tertiary/aromatic N) is 1. The highest BCUT2D eigenvalue weighted by atomic mass is 16.2. The van der Waals surface area contributed by atoms with E-state index in [1.807, 2.05) is 48.5 Å². The first kappa shape index (κ1) is 17.2. The fourth-order valence-corrected chi connectivity index (χ4v) is 2.18. The van der Waals surface area contributed by atoms with Gasteiger partial charge in [-0.05, 0) is 29.7 Å². The topological polar surface area (TPSA) is 82.0 Å². The Hall–Kier alpha value is -3.13. The van der Waals surface area contributed by atoms with E-state index >= 15 is 0 Å². The van der Waals surface area contributed by atoms with Gasteiger partial charge >= 0.3 is 0 Å². The summed E-state index contributed by atoms with van der Waals surface area (Å²) in [7, 11) is 0. The summed E-state index contributed by atoms with van der Waals surface area (Å²) in [6.07, 6.45) is 0.525. The van der Waals surface area contributed by atoms with Crippen molar-refractivity contribution >= 4 is 11.8 Å². The van der Waals surface area contributed by atoms with Crippen LogP contribution < -0.4 is 10.6 Å². The van der Waals surface area contributed by atoms with E-state index in [1.165, 1.54) is 0 Å². The minimum Gasteiger partial charge on any atom is -0.343 e. The second kappa shape index (κ2) is 8.49. The lowest BCUT2D eigenvalue weighted by molar-refractivity contribution is -0.120. The Labute approximate surface area is 141 Å². The van der Waals surface area contributed by atoms with Crippen LogP contribution in [0.2, 0.25) is 0 Å². The van der Waals surface area contributed by atoms with Crippen LogP contribution in [0.15, 0.2) is 54.6 Å². The summed E-state index contributed by atoms with van der Waals surface area (Å²) in [5.41, 5.74) is 2.57. The van der Waals surface area contributed by atoms with E-state index < -0.39 is 6.04 Å². The van der Waals surface area contributed by atoms with Gasteiger partial charge in [0.25, 0.3) is 5.91 Å². The van der Waals surface area contributed by atoms with Gasteiger partial charge in [-0.25, -0.2) is 0 Å². The highest BCUT2D eigenvalue weighted by Crippen LogP contribution is 2.19. The third-order valence-corrected chi connectivity index (χ3v) is 3.56. The van der Waals surface area contributed by atoms with E-state index in [0.717, 1.165) is 11.1 Å². The predicted octanol–water partition coefficient (Wildman–Crippen LogP) is 2.50. The number of amides is 2. The van der Waals surface area contributed by atoms with Gasteiger partial charge in [-0.2, -0.15) is 5.26 Å². The van der Waals surface area contributed by atoms with Gasteiger partial charge in [-0.3, -0.25) is 9.59 Å². The summed E-state index contributed by atoms with van der Waals surface area (Å²) in [4.78, 5) is 23.7. The number of nitrogens with one attached hydrogen (secondary N) is 2. The van der Waals surface area contributed by atoms with Crippen LogP contribution in [0.5, 0.6) is 0 Å². The lowest BCUT2D eigenvalue weighted by atomic mass is 10.0. The molecule has 0 spiro atoms. The van der Waals surface area contributed by atoms with Crippen molar-refractivity contribution in [2.45, 2.75) is 19.4 Å². The van der Waals surface area contributed by atoms with E-state index in [0.29, 0.717) is 12.0 Å². The maximum Gasteiger partial charge on any atom is 0.251 e. The molecular formula is C19H19N3O2. The Kier molecular flexibility index (Phi) is 6.09. The fraction of sp³-hybridized carbons (Fsp3) is 0.211. The standard InChI is InChI=1S/C19H19N3O2/c1-2-17(12-20)22-18(23)13-21-19(24)16-10-8-15(9-11-16)14-6-4-3-5-7-14/h3-11,17H,2,13H2,1H3,(H,21,24)(H,22,23)/t17-/m0/s1. The molecule has 0 unspecified atom stereocenters. The predicted molar refractivity (Wildman–Crippen MR) is 92.0 cm³/mol. The van der Waals surface area contributed by atoms with Crippen LogP contribution in [0.1, 0.15) is 23.7 Å². The second-order valence-corrected chi connectivity index (χ2v) is 5.28. The first-order valence-electron chi connectivity index (χ1n) is 7.76. The summed E-state index contributed by atoms with van der Waals surface area (Å²) >= 11 is 0. The molecule has 2 N–H and O–H groups in total. The van der Waals surface area contributed by atoms with Crippen molar-refractivity contribution < 1.29 is 9.59 Å². The van der Waals surface area contributed by atoms with E-state index in [-0.39, 0.29) is 18.4 Å². The smallest absolute Gasteiger partial charge is 0.251 e. The molecule has 0 bridgehead atoms. The van der Waals surface area contributed by atoms with Crippen LogP contribution in [0.3, 0.4) is 0 Å². The van der Waals surface area contributed by atoms with Crippen LogP contribution in [-0.4, -0.2) is 24.4 Å². The van der Waals surface area contributed by atoms with E-state index in [2.05, 4.69) is 10.6 Å². The molecule has 0 saturated heterocycles. The van der Waals surface area contributed by atoms with Crippen molar-refractivity contribution in [2.75, 3.05) is 6.54 Å². The molecule has 0 radical (unpaired) electrons. The summed E-state index contributed by atoms with van der Waals surface area (Å²) in [5, 5.41) is 13.9. The zero-order valence-electron chi connectivity index (χ0n) is 13.5. The molecule has 2 aromatic carbocycles. The molecule has 0 aliphatic heterocycles. The van der Waals surface area contributed by atoms with Gasteiger partial charge in [0.15, 0.2) is 0 Å². The largest absolute Gasteiger partial charge is 0.343 e. The molecule has 0 saturated carbocycles. The van der Waals surface area contributed by atoms with Crippen molar-refractivity contribution in [1.29, 1.82) is 5.26 Å². The zero-order chi connectivity index (χ0) is 17.4. The van der Waals surface area contributed by atoms with Crippen LogP contribution in [0.4, 0.5) is 0 Å². The monoisotopic (exact) mass is 321 g/mol. The number of nitriles is 1. The highest BCUT2D eigenvalue weighted by Gasteiger charge is 2.11. The Morgan fingerprint density at radius 1 is 1.04 bits per heavy atom. The number of carbonyl (C=O) groups is 2. The molecule has 2 aromatic rings. The minimum absolute atomic E-state index is 0.155. The first-order valence-corrected chi connectivity index (χ1v) is 7.76. The van der Waals surface area contributed by atoms with Gasteiger partial charge in [0, 0.05) is 5.56 Å². The van der Waals surface area contributed by atoms with Gasteiger partial charge in [0.05, 0.1) is 12.6 Å². The van der Waals surface area contributed by atoms with Crippen molar-refractivity contribution in [3.8, 4) is 17.2 Å². The van der Waals surface area contributed by atoms with Gasteiger partial charge in [0.2, 0.25) is 5.91 Å². The SMILES string of the molecule is CC[C@@H](C#N)NC(=O)CNC(=O)c1ccc(-c2ccccc2)cc1. The Morgan fingerprint density at radius 2 is 1.67 bits per heavy atom. The number of rotatable bonds is 6. The normalized spacial score (nSPS) is 11.2. The van der Waals surface area contributed by atoms with E-state index in [4.69, 9.17) is 5.26 Å². The molecule has 1 atom stereocenters. The summed E-state index contributed by atoms with van der Waals surface area (Å²) < 4.78 is 0. The molecular weight excluding hydrogens is 302 g/mol. The third kappa shape index (κ3) is 4.68. The lowest BCUT2D eigenvalue weighted by Crippen LogP contribution is -2.41. The summed E-state index contributed by atoms with van der Waals surface area (Å²) in [6.45, 7) is 1.65. The van der Waals surface area contributed by atoms with Crippen LogP contribution >= 0.6 is 0 Å². The fourth-order valence-electron chi connectivity index (χ4n) is 2.18. The van der Waals surface area contributed by atoms with Gasteiger partial charge < -0.3 is 10.6 Å². The molecule has 5 heteroatoms. The molecule has 5 nitrogen and oxygen atoms in total. The van der Waals surface area contributed by atoms with Crippen molar-refractivity contribution in [2.24, 2.45) is 0 Å². The van der Waals surface area contributed by atoms with Gasteiger partial charge in [-0.15, -0.1) is 0 Å². The molecule has 2 amide bonds. The quantitative estimate of drug-likeness (QED) is 0.857. The number of hydrogen-bond donors (Lipinski definition) is 2. The maximum absolute atomic E-state index is 12.1. The van der Waals surface area contributed by atoms with Crippen LogP contribution in [-0.2, 0) is 4.79 Å². The Balaban J connectivity index is 1.91. The molecule has 0 aromatic heterocycles. The van der Waals surface area contributed by atoms with Gasteiger partial charge in [-0.1, -0.05) is 49.4 Å². The Morgan fingerprint density at radius 3 is 2.25 bits per heavy atom. The number of hydrogen-bond acceptors (Lipinski definition) is 3. The average Bonchev–Trinajstić information content (AvgIpc) is 2.65. The average molecular weight is 321 g/mol. The minimum atomic E-state index is -0.528. The zero-order valence-corrected chi connectivity index (χ0v) is 13.5. The third-order valence-electron chi connectivity index (χ3n) is 3.56. The number of carbonyl (C=O) groups excluding carboxylic acids is 2. The molecule has 0 aliphatic rings. The molecule has 122 valence electrons. The lowest BCUT2D eigenvalue weighted by Gasteiger charge is -2.10. The molecule has 2 rings (SSSR count). The number of benzene rings is 2. The molecule has 24 heavy (non-hydrogen) atoms. The van der Waals surface area contributed by atoms with E-state index in [9.17, 15) is 9.59 Å². The highest BCUT2D eigenvalue weighted by molar-refractivity contribution is 5.96. The van der Waals surface area contributed by atoms with Crippen molar-refractivity contribution in [1.82, 2.24) is 10.6 Å². The molecule has 0 aliphatic carbocycles.